The molecular formula is C22H24ClN3O5S. The average Bonchev–Trinajstić information content (AvgIpc) is 2.77. The first-order valence-corrected chi connectivity index (χ1v) is 11.5. The molecule has 0 fully saturated rings. The Kier molecular flexibility index (Phi) is 7.89. The maximum Gasteiger partial charge on any atom is 0.412 e. The van der Waals surface area contributed by atoms with Crippen molar-refractivity contribution in [1.29, 1.82) is 0 Å². The molecule has 0 bridgehead atoms. The summed E-state index contributed by atoms with van der Waals surface area (Å²) in [4.78, 5) is 24.5. The van der Waals surface area contributed by atoms with E-state index in [1.54, 1.807) is 19.2 Å². The molecule has 3 N–H and O–H groups in total. The lowest BCUT2D eigenvalue weighted by Gasteiger charge is -2.14. The molecule has 8 nitrogen and oxygen atoms in total. The van der Waals surface area contributed by atoms with Gasteiger partial charge in [0.25, 0.3) is 0 Å². The summed E-state index contributed by atoms with van der Waals surface area (Å²) in [7, 11) is 3.02. The van der Waals surface area contributed by atoms with Crippen molar-refractivity contribution < 1.29 is 18.2 Å². The molecule has 32 heavy (non-hydrogen) atoms. The number of benzene rings is 2. The van der Waals surface area contributed by atoms with E-state index in [-0.39, 0.29) is 10.8 Å². The normalized spacial score (nSPS) is 11.9. The Morgan fingerprint density at radius 2 is 1.97 bits per heavy atom. The summed E-state index contributed by atoms with van der Waals surface area (Å²) in [5.41, 5.74) is 2.72. The maximum absolute atomic E-state index is 12.9. The zero-order chi connectivity index (χ0) is 23.3. The molecule has 1 unspecified atom stereocenters. The first kappa shape index (κ1) is 23.8. The number of ether oxygens (including phenoxy) is 1. The smallest absolute Gasteiger partial charge is 0.412 e. The topological polar surface area (TPSA) is 110 Å². The number of carbonyl (C=O) groups is 1. The molecular weight excluding hydrogens is 454 g/mol. The molecule has 0 saturated heterocycles. The van der Waals surface area contributed by atoms with E-state index < -0.39 is 22.9 Å². The predicted octanol–water partition coefficient (Wildman–Crippen LogP) is 3.92. The van der Waals surface area contributed by atoms with E-state index in [0.29, 0.717) is 35.1 Å². The van der Waals surface area contributed by atoms with Crippen LogP contribution >= 0.6 is 11.6 Å². The van der Waals surface area contributed by atoms with Gasteiger partial charge >= 0.3 is 11.7 Å². The van der Waals surface area contributed by atoms with Crippen LogP contribution in [0.4, 0.5) is 10.5 Å². The number of fused-ring (bicyclic) bond motifs is 1. The second-order valence-electron chi connectivity index (χ2n) is 6.97. The number of hydrogen-bond donors (Lipinski definition) is 3. The molecule has 2 aromatic carbocycles. The number of carbonyl (C=O) groups excluding carboxylic acids is 1. The summed E-state index contributed by atoms with van der Waals surface area (Å²) in [6.45, 7) is 2.02. The summed E-state index contributed by atoms with van der Waals surface area (Å²) in [5, 5.41) is 3.28. The van der Waals surface area contributed by atoms with Crippen molar-refractivity contribution in [3.63, 3.8) is 0 Å². The van der Waals surface area contributed by atoms with E-state index in [4.69, 9.17) is 20.8 Å². The Morgan fingerprint density at radius 1 is 1.19 bits per heavy atom. The highest BCUT2D eigenvalue weighted by Crippen LogP contribution is 2.33. The molecule has 3 aromatic rings. The summed E-state index contributed by atoms with van der Waals surface area (Å²) >= 11 is 4.94. The van der Waals surface area contributed by atoms with Crippen LogP contribution in [0.2, 0.25) is 5.02 Å². The van der Waals surface area contributed by atoms with Gasteiger partial charge in [0, 0.05) is 36.2 Å². The van der Waals surface area contributed by atoms with Gasteiger partial charge in [-0.1, -0.05) is 37.1 Å². The van der Waals surface area contributed by atoms with Crippen LogP contribution in [0.25, 0.3) is 11.0 Å². The number of anilines is 1. The summed E-state index contributed by atoms with van der Waals surface area (Å²) in [6.07, 6.45) is 1.11. The monoisotopic (exact) mass is 477 g/mol. The number of nitrogens with one attached hydrogen (secondary N) is 3. The van der Waals surface area contributed by atoms with Crippen LogP contribution < -0.4 is 25.1 Å². The van der Waals surface area contributed by atoms with E-state index >= 15 is 0 Å². The van der Waals surface area contributed by atoms with E-state index in [0.717, 1.165) is 17.5 Å². The minimum Gasteiger partial charge on any atom is -0.422 e. The molecule has 0 aliphatic carbocycles. The van der Waals surface area contributed by atoms with Gasteiger partial charge in [-0.15, -0.1) is 0 Å². The van der Waals surface area contributed by atoms with Gasteiger partial charge in [0.05, 0.1) is 5.02 Å². The lowest BCUT2D eigenvalue weighted by Crippen LogP contribution is -2.22. The average molecular weight is 478 g/mol. The third-order valence-corrected chi connectivity index (χ3v) is 5.87. The van der Waals surface area contributed by atoms with E-state index in [1.165, 1.54) is 13.1 Å². The van der Waals surface area contributed by atoms with Crippen molar-refractivity contribution in [2.24, 2.45) is 0 Å². The van der Waals surface area contributed by atoms with Crippen molar-refractivity contribution in [2.75, 3.05) is 18.8 Å². The zero-order valence-electron chi connectivity index (χ0n) is 17.9. The van der Waals surface area contributed by atoms with Gasteiger partial charge in [0.1, 0.15) is 5.58 Å². The Morgan fingerprint density at radius 3 is 2.66 bits per heavy atom. The van der Waals surface area contributed by atoms with Gasteiger partial charge in [0.2, 0.25) is 0 Å². The maximum atomic E-state index is 12.9. The summed E-state index contributed by atoms with van der Waals surface area (Å²) < 4.78 is 27.9. The van der Waals surface area contributed by atoms with Crippen LogP contribution in [0.3, 0.4) is 0 Å². The molecule has 0 saturated carbocycles. The lowest BCUT2D eigenvalue weighted by molar-refractivity contribution is 0.203. The van der Waals surface area contributed by atoms with Gasteiger partial charge in [-0.3, -0.25) is 4.72 Å². The van der Waals surface area contributed by atoms with Crippen LogP contribution in [0.15, 0.2) is 45.6 Å². The van der Waals surface area contributed by atoms with Crippen LogP contribution in [0.5, 0.6) is 5.75 Å². The molecule has 0 radical (unpaired) electrons. The molecule has 1 amide bonds. The Labute approximate surface area is 193 Å². The number of rotatable bonds is 8. The molecule has 170 valence electrons. The third-order valence-electron chi connectivity index (χ3n) is 4.78. The van der Waals surface area contributed by atoms with Gasteiger partial charge in [-0.05, 0) is 42.8 Å². The first-order valence-electron chi connectivity index (χ1n) is 9.98. The summed E-state index contributed by atoms with van der Waals surface area (Å²) in [5.74, 6) is 0.105. The van der Waals surface area contributed by atoms with E-state index in [2.05, 4.69) is 14.8 Å². The predicted molar refractivity (Wildman–Crippen MR) is 127 cm³/mol. The fourth-order valence-corrected chi connectivity index (χ4v) is 4.00. The Bertz CT molecular complexity index is 1230. The fourth-order valence-electron chi connectivity index (χ4n) is 3.35. The van der Waals surface area contributed by atoms with Crippen molar-refractivity contribution in [1.82, 2.24) is 10.0 Å². The van der Waals surface area contributed by atoms with Crippen molar-refractivity contribution in [3.05, 3.63) is 68.5 Å². The number of amides is 1. The Hall–Kier alpha value is -2.88. The summed E-state index contributed by atoms with van der Waals surface area (Å²) in [6, 6.07) is 10.5. The van der Waals surface area contributed by atoms with Gasteiger partial charge in [-0.2, -0.15) is 0 Å². The third kappa shape index (κ3) is 5.48. The van der Waals surface area contributed by atoms with Gasteiger partial charge in [0.15, 0.2) is 16.9 Å². The lowest BCUT2D eigenvalue weighted by atomic mass is 9.95. The van der Waals surface area contributed by atoms with E-state index in [1.807, 2.05) is 25.1 Å². The van der Waals surface area contributed by atoms with Crippen molar-refractivity contribution in [2.45, 2.75) is 26.2 Å². The number of halogens is 1. The standard InChI is InChI=1S/C22H24ClN3O5S/c1-4-6-15-16-11-18(23)20(31-22(28)24-2)12-19(16)30-21(27)17(15)10-13-7-5-8-14(9-13)26-32(29)25-3/h5,7-9,11-12,25-26H,4,6,10H2,1-3H3,(H,24,28). The Balaban J connectivity index is 2.06. The molecule has 0 aliphatic rings. The molecule has 0 aliphatic heterocycles. The zero-order valence-corrected chi connectivity index (χ0v) is 19.5. The second-order valence-corrected chi connectivity index (χ2v) is 8.52. The van der Waals surface area contributed by atoms with Gasteiger partial charge in [-0.25, -0.2) is 18.5 Å². The minimum absolute atomic E-state index is 0.105. The quantitative estimate of drug-likeness (QED) is 0.426. The second kappa shape index (κ2) is 10.6. The van der Waals surface area contributed by atoms with Crippen LogP contribution in [0, 0.1) is 0 Å². The fraction of sp³-hybridized carbons (Fsp3) is 0.273. The number of aryl methyl sites for hydroxylation is 1. The van der Waals surface area contributed by atoms with Crippen LogP contribution in [-0.4, -0.2) is 24.4 Å². The molecule has 1 atom stereocenters. The van der Waals surface area contributed by atoms with E-state index in [9.17, 15) is 13.8 Å². The SMILES string of the molecule is CCCc1c(Cc2cccc(NS(=O)NC)c2)c(=O)oc2cc(OC(=O)NC)c(Cl)cc12. The van der Waals surface area contributed by atoms with Crippen molar-refractivity contribution >= 4 is 45.5 Å². The number of hydrogen-bond acceptors (Lipinski definition) is 5. The minimum atomic E-state index is -1.41. The molecule has 10 heteroatoms. The highest BCUT2D eigenvalue weighted by molar-refractivity contribution is 7.84. The molecule has 3 rings (SSSR count). The first-order chi connectivity index (χ1) is 15.4. The molecule has 0 spiro atoms. The highest BCUT2D eigenvalue weighted by Gasteiger charge is 2.18. The van der Waals surface area contributed by atoms with Crippen molar-refractivity contribution in [3.8, 4) is 5.75 Å². The molecule has 1 aromatic heterocycles. The largest absolute Gasteiger partial charge is 0.422 e. The van der Waals surface area contributed by atoms with Gasteiger partial charge < -0.3 is 14.5 Å². The van der Waals surface area contributed by atoms with Crippen LogP contribution in [0.1, 0.15) is 30.0 Å². The highest BCUT2D eigenvalue weighted by atomic mass is 35.5. The molecule has 1 heterocycles. The van der Waals surface area contributed by atoms with Crippen LogP contribution in [-0.2, 0) is 24.0 Å².